The van der Waals surface area contributed by atoms with Crippen molar-refractivity contribution in [1.29, 1.82) is 0 Å². The van der Waals surface area contributed by atoms with Crippen molar-refractivity contribution >= 4 is 17.5 Å². The molecule has 0 spiro atoms. The number of carbonyl (C=O) groups excluding carboxylic acids is 1. The summed E-state index contributed by atoms with van der Waals surface area (Å²) in [7, 11) is 0. The van der Waals surface area contributed by atoms with Crippen LogP contribution in [-0.2, 0) is 13.0 Å². The fourth-order valence-electron chi connectivity index (χ4n) is 4.16. The first-order chi connectivity index (χ1) is 15.4. The van der Waals surface area contributed by atoms with E-state index in [9.17, 15) is 4.79 Å². The van der Waals surface area contributed by atoms with E-state index in [-0.39, 0.29) is 17.8 Å². The standard InChI is InChI=1S/C25H25ClN4O2/c1-4-23-27-28-24(32-23)14-20-12-22(26)13-21(18(20)3)16-29-10-11-30(17(2)15-29)25(31)19-8-6-5-7-9-19/h1,5-9,12-13,17H,10-11,14-16H2,2-3H3/t17-/m0/s1. The first-order valence-corrected chi connectivity index (χ1v) is 11.0. The lowest BCUT2D eigenvalue weighted by molar-refractivity contribution is 0.0475. The number of rotatable bonds is 5. The molecule has 2 aromatic carbocycles. The number of amides is 1. The molecular weight excluding hydrogens is 424 g/mol. The summed E-state index contributed by atoms with van der Waals surface area (Å²) in [5.74, 6) is 3.08. The smallest absolute Gasteiger partial charge is 0.293 e. The summed E-state index contributed by atoms with van der Waals surface area (Å²) in [5.41, 5.74) is 4.06. The fourth-order valence-corrected chi connectivity index (χ4v) is 4.42. The van der Waals surface area contributed by atoms with Crippen LogP contribution in [0.4, 0.5) is 0 Å². The van der Waals surface area contributed by atoms with Gasteiger partial charge in [0.05, 0.1) is 6.42 Å². The van der Waals surface area contributed by atoms with E-state index in [2.05, 4.69) is 34.9 Å². The van der Waals surface area contributed by atoms with E-state index in [1.54, 1.807) is 0 Å². The van der Waals surface area contributed by atoms with E-state index in [0.717, 1.165) is 41.9 Å². The molecule has 6 nitrogen and oxygen atoms in total. The lowest BCUT2D eigenvalue weighted by Crippen LogP contribution is -2.53. The average Bonchev–Trinajstić information content (AvgIpc) is 3.25. The number of hydrogen-bond acceptors (Lipinski definition) is 5. The van der Waals surface area contributed by atoms with Crippen LogP contribution in [0, 0.1) is 19.3 Å². The van der Waals surface area contributed by atoms with Gasteiger partial charge in [-0.25, -0.2) is 0 Å². The molecule has 1 aromatic heterocycles. The second-order valence-corrected chi connectivity index (χ2v) is 8.56. The molecule has 1 aliphatic heterocycles. The lowest BCUT2D eigenvalue weighted by atomic mass is 9.99. The molecular formula is C25H25ClN4O2. The van der Waals surface area contributed by atoms with E-state index in [4.69, 9.17) is 22.4 Å². The van der Waals surface area contributed by atoms with Crippen molar-refractivity contribution in [3.63, 3.8) is 0 Å². The van der Waals surface area contributed by atoms with Gasteiger partial charge in [-0.3, -0.25) is 9.69 Å². The second kappa shape index (κ2) is 9.56. The van der Waals surface area contributed by atoms with Gasteiger partial charge in [0.15, 0.2) is 0 Å². The molecule has 1 aliphatic rings. The van der Waals surface area contributed by atoms with E-state index in [1.165, 1.54) is 0 Å². The van der Waals surface area contributed by atoms with Gasteiger partial charge in [-0.15, -0.1) is 11.5 Å². The van der Waals surface area contributed by atoms with E-state index < -0.39 is 0 Å². The minimum Gasteiger partial charge on any atom is -0.414 e. The third kappa shape index (κ3) is 4.85. The predicted octanol–water partition coefficient (Wildman–Crippen LogP) is 3.95. The molecule has 7 heteroatoms. The van der Waals surface area contributed by atoms with Crippen molar-refractivity contribution < 1.29 is 9.21 Å². The summed E-state index contributed by atoms with van der Waals surface area (Å²) < 4.78 is 5.46. The molecule has 0 bridgehead atoms. The van der Waals surface area contributed by atoms with Gasteiger partial charge >= 0.3 is 0 Å². The molecule has 0 saturated carbocycles. The van der Waals surface area contributed by atoms with E-state index in [1.807, 2.05) is 47.4 Å². The first-order valence-electron chi connectivity index (χ1n) is 10.6. The number of benzene rings is 2. The highest BCUT2D eigenvalue weighted by Gasteiger charge is 2.28. The quantitative estimate of drug-likeness (QED) is 0.553. The van der Waals surface area contributed by atoms with E-state index >= 15 is 0 Å². The van der Waals surface area contributed by atoms with Crippen LogP contribution in [0.1, 0.15) is 45.8 Å². The van der Waals surface area contributed by atoms with Crippen molar-refractivity contribution in [2.75, 3.05) is 19.6 Å². The van der Waals surface area contributed by atoms with Crippen LogP contribution in [0.25, 0.3) is 0 Å². The van der Waals surface area contributed by atoms with Gasteiger partial charge in [-0.2, -0.15) is 0 Å². The van der Waals surface area contributed by atoms with Gasteiger partial charge in [0.2, 0.25) is 5.89 Å². The number of aromatic nitrogens is 2. The Hall–Kier alpha value is -3.14. The molecule has 1 fully saturated rings. The Labute approximate surface area is 193 Å². The number of hydrogen-bond donors (Lipinski definition) is 0. The molecule has 0 N–H and O–H groups in total. The maximum absolute atomic E-state index is 12.9. The molecule has 1 atom stereocenters. The average molecular weight is 449 g/mol. The van der Waals surface area contributed by atoms with Crippen molar-refractivity contribution in [2.45, 2.75) is 32.9 Å². The third-order valence-corrected chi connectivity index (χ3v) is 6.12. The molecule has 3 aromatic rings. The summed E-state index contributed by atoms with van der Waals surface area (Å²) >= 11 is 6.43. The number of terminal acetylenes is 1. The molecule has 0 unspecified atom stereocenters. The van der Waals surface area contributed by atoms with Crippen molar-refractivity contribution in [3.05, 3.63) is 81.5 Å². The number of piperazine rings is 1. The van der Waals surface area contributed by atoms with Crippen molar-refractivity contribution in [1.82, 2.24) is 20.0 Å². The Morgan fingerprint density at radius 1 is 1.22 bits per heavy atom. The summed E-state index contributed by atoms with van der Waals surface area (Å²) in [5, 5.41) is 8.50. The maximum Gasteiger partial charge on any atom is 0.293 e. The summed E-state index contributed by atoms with van der Waals surface area (Å²) in [4.78, 5) is 17.2. The van der Waals surface area contributed by atoms with Crippen LogP contribution < -0.4 is 0 Å². The third-order valence-electron chi connectivity index (χ3n) is 5.91. The van der Waals surface area contributed by atoms with Crippen LogP contribution in [0.5, 0.6) is 0 Å². The highest BCUT2D eigenvalue weighted by Crippen LogP contribution is 2.25. The van der Waals surface area contributed by atoms with E-state index in [0.29, 0.717) is 23.9 Å². The normalized spacial score (nSPS) is 16.7. The monoisotopic (exact) mass is 448 g/mol. The Bertz CT molecular complexity index is 1150. The highest BCUT2D eigenvalue weighted by atomic mass is 35.5. The predicted molar refractivity (Wildman–Crippen MR) is 123 cm³/mol. The maximum atomic E-state index is 12.9. The van der Waals surface area contributed by atoms with Crippen molar-refractivity contribution in [3.8, 4) is 12.3 Å². The molecule has 0 radical (unpaired) electrons. The van der Waals surface area contributed by atoms with Crippen LogP contribution in [0.3, 0.4) is 0 Å². The second-order valence-electron chi connectivity index (χ2n) is 8.12. The van der Waals surface area contributed by atoms with Crippen LogP contribution in [0.15, 0.2) is 46.9 Å². The minimum absolute atomic E-state index is 0.0878. The molecule has 0 aliphatic carbocycles. The number of nitrogens with zero attached hydrogens (tertiary/aromatic N) is 4. The Morgan fingerprint density at radius 2 is 1.97 bits per heavy atom. The van der Waals surface area contributed by atoms with Gasteiger partial charge in [0.25, 0.3) is 11.8 Å². The highest BCUT2D eigenvalue weighted by molar-refractivity contribution is 6.30. The molecule has 2 heterocycles. The van der Waals surface area contributed by atoms with Crippen LogP contribution in [-0.4, -0.2) is 51.6 Å². The largest absolute Gasteiger partial charge is 0.414 e. The van der Waals surface area contributed by atoms with Gasteiger partial charge in [0, 0.05) is 42.8 Å². The molecule has 1 amide bonds. The summed E-state index contributed by atoms with van der Waals surface area (Å²) in [6.07, 6.45) is 5.79. The number of carbonyl (C=O) groups is 1. The zero-order valence-corrected chi connectivity index (χ0v) is 19.0. The summed E-state index contributed by atoms with van der Waals surface area (Å²) in [6.45, 7) is 7.24. The van der Waals surface area contributed by atoms with Gasteiger partial charge in [0.1, 0.15) is 0 Å². The molecule has 164 valence electrons. The fraction of sp³-hybridized carbons (Fsp3) is 0.320. The first kappa shape index (κ1) is 22.1. The number of halogens is 1. The van der Waals surface area contributed by atoms with Gasteiger partial charge < -0.3 is 9.32 Å². The zero-order chi connectivity index (χ0) is 22.7. The van der Waals surface area contributed by atoms with Crippen LogP contribution in [0.2, 0.25) is 5.02 Å². The van der Waals surface area contributed by atoms with Crippen LogP contribution >= 0.6 is 11.6 Å². The Morgan fingerprint density at radius 3 is 2.66 bits per heavy atom. The molecule has 1 saturated heterocycles. The van der Waals surface area contributed by atoms with Gasteiger partial charge in [-0.1, -0.05) is 34.9 Å². The Balaban J connectivity index is 1.45. The SMILES string of the molecule is C#Cc1nnc(Cc2cc(Cl)cc(CN3CCN(C(=O)c4ccccc4)[C@@H](C)C3)c2C)o1. The minimum atomic E-state index is 0.0878. The lowest BCUT2D eigenvalue weighted by Gasteiger charge is -2.40. The Kier molecular flexibility index (Phi) is 6.59. The molecule has 4 rings (SSSR count). The zero-order valence-electron chi connectivity index (χ0n) is 18.2. The van der Waals surface area contributed by atoms with Crippen molar-refractivity contribution in [2.24, 2.45) is 0 Å². The molecule has 32 heavy (non-hydrogen) atoms. The van der Waals surface area contributed by atoms with Gasteiger partial charge in [-0.05, 0) is 60.7 Å². The topological polar surface area (TPSA) is 62.5 Å². The summed E-state index contributed by atoms with van der Waals surface area (Å²) in [6, 6.07) is 13.5.